The first-order valence-electron chi connectivity index (χ1n) is 6.11. The fraction of sp³-hybridized carbons (Fsp3) is 0.692. The quantitative estimate of drug-likeness (QED) is 0.828. The maximum atomic E-state index is 12.1. The first-order chi connectivity index (χ1) is 7.86. The number of Topliss-reactive ketones (excluding diaryl/α,β-unsaturated/α-hetero) is 1. The van der Waals surface area contributed by atoms with Gasteiger partial charge in [-0.25, -0.2) is 0 Å². The molecule has 4 heteroatoms. The minimum Gasteiger partial charge on any atom is -0.299 e. The molecule has 1 fully saturated rings. The number of aromatic nitrogens is 2. The van der Waals surface area contributed by atoms with E-state index in [0.29, 0.717) is 17.2 Å². The zero-order valence-corrected chi connectivity index (χ0v) is 11.6. The maximum Gasteiger partial charge on any atom is 0.142 e. The van der Waals surface area contributed by atoms with Crippen molar-refractivity contribution in [2.45, 2.75) is 47.1 Å². The first-order valence-corrected chi connectivity index (χ1v) is 6.49. The van der Waals surface area contributed by atoms with Crippen molar-refractivity contribution in [2.24, 2.45) is 11.3 Å². The molecule has 0 N–H and O–H groups in total. The van der Waals surface area contributed by atoms with Crippen LogP contribution < -0.4 is 0 Å². The van der Waals surface area contributed by atoms with Crippen molar-refractivity contribution < 1.29 is 4.79 Å². The van der Waals surface area contributed by atoms with E-state index in [1.54, 1.807) is 0 Å². The predicted molar refractivity (Wildman–Crippen MR) is 68.2 cm³/mol. The van der Waals surface area contributed by atoms with Gasteiger partial charge in [0.05, 0.1) is 22.8 Å². The Kier molecular flexibility index (Phi) is 3.06. The van der Waals surface area contributed by atoms with Crippen LogP contribution in [0.25, 0.3) is 0 Å². The lowest BCUT2D eigenvalue weighted by atomic mass is 10.0. The second-order valence-electron chi connectivity index (χ2n) is 5.55. The highest BCUT2D eigenvalue weighted by Gasteiger charge is 2.50. The fourth-order valence-electron chi connectivity index (χ4n) is 2.34. The Labute approximate surface area is 107 Å². The molecule has 94 valence electrons. The van der Waals surface area contributed by atoms with Crippen LogP contribution in [0.5, 0.6) is 0 Å². The summed E-state index contributed by atoms with van der Waals surface area (Å²) in [5, 5.41) is 4.98. The Balaban J connectivity index is 2.16. The van der Waals surface area contributed by atoms with E-state index in [-0.39, 0.29) is 11.3 Å². The molecule has 1 atom stereocenters. The van der Waals surface area contributed by atoms with Gasteiger partial charge in [0.15, 0.2) is 0 Å². The van der Waals surface area contributed by atoms with Gasteiger partial charge in [0, 0.05) is 12.5 Å². The topological polar surface area (TPSA) is 34.9 Å². The number of hydrogen-bond donors (Lipinski definition) is 0. The van der Waals surface area contributed by atoms with Crippen LogP contribution in [0, 0.1) is 18.3 Å². The van der Waals surface area contributed by atoms with E-state index in [2.05, 4.69) is 18.9 Å². The van der Waals surface area contributed by atoms with E-state index in [1.165, 1.54) is 0 Å². The molecule has 1 aromatic rings. The van der Waals surface area contributed by atoms with Crippen molar-refractivity contribution >= 4 is 17.4 Å². The van der Waals surface area contributed by atoms with Crippen LogP contribution in [0.3, 0.4) is 0 Å². The van der Waals surface area contributed by atoms with Gasteiger partial charge in [0.1, 0.15) is 5.78 Å². The molecule has 1 saturated carbocycles. The molecule has 1 heterocycles. The summed E-state index contributed by atoms with van der Waals surface area (Å²) in [6.07, 6.45) is 1.42. The van der Waals surface area contributed by atoms with Gasteiger partial charge in [-0.05, 0) is 25.7 Å². The average Bonchev–Trinajstić information content (AvgIpc) is 2.82. The normalized spacial score (nSPS) is 21.6. The van der Waals surface area contributed by atoms with Crippen molar-refractivity contribution in [3.8, 4) is 0 Å². The highest BCUT2D eigenvalue weighted by molar-refractivity contribution is 6.32. The van der Waals surface area contributed by atoms with Crippen molar-refractivity contribution in [3.05, 3.63) is 16.4 Å². The summed E-state index contributed by atoms with van der Waals surface area (Å²) < 4.78 is 1.84. The van der Waals surface area contributed by atoms with Gasteiger partial charge in [-0.15, -0.1) is 0 Å². The van der Waals surface area contributed by atoms with Gasteiger partial charge in [-0.1, -0.05) is 25.4 Å². The Morgan fingerprint density at radius 2 is 2.18 bits per heavy atom. The molecule has 0 radical (unpaired) electrons. The third kappa shape index (κ3) is 2.25. The SMILES string of the molecule is CCn1nc(C)c(Cl)c1CC(=O)C1CC1(C)C. The summed E-state index contributed by atoms with van der Waals surface area (Å²) in [4.78, 5) is 12.1. The van der Waals surface area contributed by atoms with Gasteiger partial charge >= 0.3 is 0 Å². The van der Waals surface area contributed by atoms with Crippen molar-refractivity contribution in [3.63, 3.8) is 0 Å². The van der Waals surface area contributed by atoms with Crippen molar-refractivity contribution in [1.82, 2.24) is 9.78 Å². The fourth-order valence-corrected chi connectivity index (χ4v) is 2.55. The standard InChI is InChI=1S/C13H19ClN2O/c1-5-16-10(12(14)8(2)15-16)6-11(17)9-7-13(9,3)4/h9H,5-7H2,1-4H3. The van der Waals surface area contributed by atoms with E-state index in [9.17, 15) is 4.79 Å². The molecule has 1 aliphatic carbocycles. The second-order valence-corrected chi connectivity index (χ2v) is 5.93. The molecule has 0 amide bonds. The van der Waals surface area contributed by atoms with Crippen LogP contribution in [-0.4, -0.2) is 15.6 Å². The number of nitrogens with zero attached hydrogens (tertiary/aromatic N) is 2. The molecular formula is C13H19ClN2O. The van der Waals surface area contributed by atoms with Crippen LogP contribution >= 0.6 is 11.6 Å². The number of ketones is 1. The number of aryl methyl sites for hydroxylation is 2. The van der Waals surface area contributed by atoms with Crippen LogP contribution in [0.4, 0.5) is 0 Å². The molecule has 0 spiro atoms. The molecule has 0 aromatic carbocycles. The number of hydrogen-bond acceptors (Lipinski definition) is 2. The Morgan fingerprint density at radius 1 is 1.59 bits per heavy atom. The zero-order chi connectivity index (χ0) is 12.8. The van der Waals surface area contributed by atoms with Crippen molar-refractivity contribution in [1.29, 1.82) is 0 Å². The van der Waals surface area contributed by atoms with Gasteiger partial charge in [0.2, 0.25) is 0 Å². The number of carbonyl (C=O) groups is 1. The van der Waals surface area contributed by atoms with Gasteiger partial charge < -0.3 is 0 Å². The van der Waals surface area contributed by atoms with Crippen LogP contribution in [0.15, 0.2) is 0 Å². The average molecular weight is 255 g/mol. The molecular weight excluding hydrogens is 236 g/mol. The minimum absolute atomic E-state index is 0.190. The Morgan fingerprint density at radius 3 is 2.65 bits per heavy atom. The Hall–Kier alpha value is -0.830. The van der Waals surface area contributed by atoms with E-state index in [0.717, 1.165) is 24.4 Å². The third-order valence-corrected chi connectivity index (χ3v) is 4.19. The van der Waals surface area contributed by atoms with Gasteiger partial charge in [-0.3, -0.25) is 9.48 Å². The van der Waals surface area contributed by atoms with E-state index < -0.39 is 0 Å². The highest BCUT2D eigenvalue weighted by Crippen LogP contribution is 2.52. The van der Waals surface area contributed by atoms with Crippen LogP contribution in [0.1, 0.15) is 38.6 Å². The lowest BCUT2D eigenvalue weighted by molar-refractivity contribution is -0.120. The van der Waals surface area contributed by atoms with E-state index in [4.69, 9.17) is 11.6 Å². The number of halogens is 1. The van der Waals surface area contributed by atoms with E-state index >= 15 is 0 Å². The summed E-state index contributed by atoms with van der Waals surface area (Å²) in [5.41, 5.74) is 1.88. The molecule has 0 bridgehead atoms. The lowest BCUT2D eigenvalue weighted by Crippen LogP contribution is -2.13. The monoisotopic (exact) mass is 254 g/mol. The minimum atomic E-state index is 0.190. The molecule has 1 aliphatic rings. The lowest BCUT2D eigenvalue weighted by Gasteiger charge is -2.06. The molecule has 0 saturated heterocycles. The Bertz CT molecular complexity index is 462. The van der Waals surface area contributed by atoms with Gasteiger partial charge in [-0.2, -0.15) is 5.10 Å². The predicted octanol–water partition coefficient (Wildman–Crippen LogP) is 3.02. The molecule has 1 aromatic heterocycles. The van der Waals surface area contributed by atoms with Gasteiger partial charge in [0.25, 0.3) is 0 Å². The zero-order valence-electron chi connectivity index (χ0n) is 10.9. The summed E-state index contributed by atoms with van der Waals surface area (Å²) in [7, 11) is 0. The number of rotatable bonds is 4. The molecule has 17 heavy (non-hydrogen) atoms. The summed E-state index contributed by atoms with van der Waals surface area (Å²) in [6.45, 7) is 8.92. The smallest absolute Gasteiger partial charge is 0.142 e. The number of carbonyl (C=O) groups excluding carboxylic acids is 1. The van der Waals surface area contributed by atoms with Crippen molar-refractivity contribution in [2.75, 3.05) is 0 Å². The summed E-state index contributed by atoms with van der Waals surface area (Å²) >= 11 is 6.20. The largest absolute Gasteiger partial charge is 0.299 e. The van der Waals surface area contributed by atoms with E-state index in [1.807, 2.05) is 18.5 Å². The first kappa shape index (κ1) is 12.6. The van der Waals surface area contributed by atoms with Crippen LogP contribution in [-0.2, 0) is 17.8 Å². The molecule has 2 rings (SSSR count). The summed E-state index contributed by atoms with van der Waals surface area (Å²) in [6, 6.07) is 0. The molecule has 0 aliphatic heterocycles. The maximum absolute atomic E-state index is 12.1. The van der Waals surface area contributed by atoms with Crippen LogP contribution in [0.2, 0.25) is 5.02 Å². The third-order valence-electron chi connectivity index (χ3n) is 3.70. The summed E-state index contributed by atoms with van der Waals surface area (Å²) in [5.74, 6) is 0.505. The molecule has 1 unspecified atom stereocenters. The molecule has 3 nitrogen and oxygen atoms in total. The highest BCUT2D eigenvalue weighted by atomic mass is 35.5. The second kappa shape index (κ2) is 4.13.